The van der Waals surface area contributed by atoms with Gasteiger partial charge in [-0.15, -0.1) is 0 Å². The van der Waals surface area contributed by atoms with Crippen molar-refractivity contribution in [2.75, 3.05) is 13.7 Å². The van der Waals surface area contributed by atoms with Gasteiger partial charge in [0.2, 0.25) is 5.89 Å². The fourth-order valence-electron chi connectivity index (χ4n) is 3.52. The molecule has 0 aliphatic heterocycles. The molecule has 0 saturated heterocycles. The van der Waals surface area contributed by atoms with E-state index >= 15 is 0 Å². The predicted molar refractivity (Wildman–Crippen MR) is 129 cm³/mol. The summed E-state index contributed by atoms with van der Waals surface area (Å²) in [5.41, 5.74) is 3.62. The van der Waals surface area contributed by atoms with Crippen LogP contribution in [0.4, 0.5) is 0 Å². The number of ether oxygens (including phenoxy) is 4. The Morgan fingerprint density at radius 2 is 1.76 bits per heavy atom. The molecule has 1 heterocycles. The van der Waals surface area contributed by atoms with Crippen molar-refractivity contribution in [2.45, 2.75) is 59.9 Å². The number of rotatable bonds is 11. The van der Waals surface area contributed by atoms with Crippen LogP contribution in [0.15, 0.2) is 46.9 Å². The topological polar surface area (TPSA) is 80.0 Å². The van der Waals surface area contributed by atoms with Crippen molar-refractivity contribution in [3.8, 4) is 23.0 Å². The van der Waals surface area contributed by atoms with Crippen LogP contribution in [0.1, 0.15) is 43.4 Å². The maximum absolute atomic E-state index is 11.9. The fraction of sp³-hybridized carbons (Fsp3) is 0.407. The molecule has 0 amide bonds. The lowest BCUT2D eigenvalue weighted by Gasteiger charge is -2.16. The summed E-state index contributed by atoms with van der Waals surface area (Å²) in [7, 11) is 1.37. The minimum absolute atomic E-state index is 0.121. The molecule has 0 aliphatic rings. The Balaban J connectivity index is 1.65. The van der Waals surface area contributed by atoms with Crippen molar-refractivity contribution in [1.29, 1.82) is 0 Å². The number of benzene rings is 2. The van der Waals surface area contributed by atoms with Crippen LogP contribution >= 0.6 is 0 Å². The van der Waals surface area contributed by atoms with E-state index < -0.39 is 6.10 Å². The second-order valence-electron chi connectivity index (χ2n) is 8.26. The highest BCUT2D eigenvalue weighted by Gasteiger charge is 2.21. The first kappa shape index (κ1) is 25.3. The summed E-state index contributed by atoms with van der Waals surface area (Å²) in [6.45, 7) is 10.4. The molecular weight excluding hydrogens is 434 g/mol. The summed E-state index contributed by atoms with van der Waals surface area (Å²) in [5, 5.41) is 0. The minimum atomic E-state index is -0.623. The minimum Gasteiger partial charge on any atom is -0.491 e. The highest BCUT2D eigenvalue weighted by Crippen LogP contribution is 2.26. The van der Waals surface area contributed by atoms with Gasteiger partial charge >= 0.3 is 5.97 Å². The molecule has 2 aromatic carbocycles. The number of hydrogen-bond acceptors (Lipinski definition) is 7. The van der Waals surface area contributed by atoms with Crippen LogP contribution < -0.4 is 9.47 Å². The van der Waals surface area contributed by atoms with E-state index in [1.807, 2.05) is 77.1 Å². The first-order valence-electron chi connectivity index (χ1n) is 11.5. The van der Waals surface area contributed by atoms with E-state index in [9.17, 15) is 4.79 Å². The van der Waals surface area contributed by atoms with Crippen molar-refractivity contribution in [3.05, 3.63) is 65.0 Å². The standard InChI is InChI=1S/C27H33NO6/c1-7-31-25(27(29)30-6)15-21-10-13-23(14-18(21)4)32-16-24-19(5)34-26(28-24)20-8-11-22(12-9-20)33-17(2)3/h8-14,17,25H,7,15-16H2,1-6H3/t25-/m0/s1. The van der Waals surface area contributed by atoms with Gasteiger partial charge in [0.1, 0.15) is 29.6 Å². The van der Waals surface area contributed by atoms with Gasteiger partial charge in [-0.25, -0.2) is 9.78 Å². The molecular formula is C27H33NO6. The van der Waals surface area contributed by atoms with Crippen molar-refractivity contribution >= 4 is 5.97 Å². The summed E-state index contributed by atoms with van der Waals surface area (Å²) >= 11 is 0. The van der Waals surface area contributed by atoms with Gasteiger partial charge in [-0.3, -0.25) is 0 Å². The molecule has 0 bridgehead atoms. The molecule has 0 radical (unpaired) electrons. The Kier molecular flexibility index (Phi) is 8.71. The lowest BCUT2D eigenvalue weighted by molar-refractivity contribution is -0.153. The largest absolute Gasteiger partial charge is 0.491 e. The molecule has 7 nitrogen and oxygen atoms in total. The van der Waals surface area contributed by atoms with Gasteiger partial charge in [0.25, 0.3) is 0 Å². The van der Waals surface area contributed by atoms with Crippen LogP contribution in [0.2, 0.25) is 0 Å². The molecule has 0 unspecified atom stereocenters. The number of hydrogen-bond donors (Lipinski definition) is 0. The average molecular weight is 468 g/mol. The van der Waals surface area contributed by atoms with Crippen molar-refractivity contribution in [2.24, 2.45) is 0 Å². The van der Waals surface area contributed by atoms with Crippen LogP contribution in [0, 0.1) is 13.8 Å². The van der Waals surface area contributed by atoms with Crippen molar-refractivity contribution in [3.63, 3.8) is 0 Å². The zero-order valence-corrected chi connectivity index (χ0v) is 20.7. The van der Waals surface area contributed by atoms with Gasteiger partial charge in [0.05, 0.1) is 13.2 Å². The zero-order chi connectivity index (χ0) is 24.7. The summed E-state index contributed by atoms with van der Waals surface area (Å²) in [6.07, 6.45) is -0.0581. The van der Waals surface area contributed by atoms with E-state index in [4.69, 9.17) is 23.4 Å². The third-order valence-electron chi connectivity index (χ3n) is 5.29. The van der Waals surface area contributed by atoms with Crippen LogP contribution in [0.3, 0.4) is 0 Å². The molecule has 182 valence electrons. The van der Waals surface area contributed by atoms with Gasteiger partial charge in [0.15, 0.2) is 6.10 Å². The highest BCUT2D eigenvalue weighted by atomic mass is 16.6. The number of aryl methyl sites for hydroxylation is 2. The SMILES string of the molecule is CCO[C@@H](Cc1ccc(OCc2nc(-c3ccc(OC(C)C)cc3)oc2C)cc1C)C(=O)OC. The summed E-state index contributed by atoms with van der Waals surface area (Å²) in [4.78, 5) is 16.6. The number of oxazole rings is 1. The van der Waals surface area contributed by atoms with Crippen LogP contribution in [-0.2, 0) is 27.3 Å². The molecule has 3 rings (SSSR count). The number of aromatic nitrogens is 1. The molecule has 0 fully saturated rings. The summed E-state index contributed by atoms with van der Waals surface area (Å²) in [6, 6.07) is 13.4. The predicted octanol–water partition coefficient (Wildman–Crippen LogP) is 5.45. The Morgan fingerprint density at radius 1 is 1.06 bits per heavy atom. The summed E-state index contributed by atoms with van der Waals surface area (Å²) < 4.78 is 27.9. The first-order valence-corrected chi connectivity index (χ1v) is 11.5. The molecule has 0 spiro atoms. The zero-order valence-electron chi connectivity index (χ0n) is 20.7. The molecule has 3 aromatic rings. The molecule has 34 heavy (non-hydrogen) atoms. The van der Waals surface area contributed by atoms with E-state index in [0.717, 1.165) is 28.1 Å². The second kappa shape index (κ2) is 11.7. The maximum Gasteiger partial charge on any atom is 0.335 e. The van der Waals surface area contributed by atoms with Gasteiger partial charge in [0, 0.05) is 18.6 Å². The highest BCUT2D eigenvalue weighted by molar-refractivity contribution is 5.75. The number of esters is 1. The molecule has 1 atom stereocenters. The lowest BCUT2D eigenvalue weighted by Crippen LogP contribution is -2.28. The number of nitrogens with zero attached hydrogens (tertiary/aromatic N) is 1. The molecule has 7 heteroatoms. The third kappa shape index (κ3) is 6.60. The second-order valence-corrected chi connectivity index (χ2v) is 8.26. The number of methoxy groups -OCH3 is 1. The van der Waals surface area contributed by atoms with Gasteiger partial charge < -0.3 is 23.4 Å². The van der Waals surface area contributed by atoms with E-state index in [2.05, 4.69) is 4.98 Å². The smallest absolute Gasteiger partial charge is 0.335 e. The third-order valence-corrected chi connectivity index (χ3v) is 5.29. The number of carbonyl (C=O) groups is 1. The van der Waals surface area contributed by atoms with Crippen LogP contribution in [0.5, 0.6) is 11.5 Å². The molecule has 0 saturated carbocycles. The van der Waals surface area contributed by atoms with E-state index in [0.29, 0.717) is 30.4 Å². The Bertz CT molecular complexity index is 1090. The Labute approximate surface area is 201 Å². The van der Waals surface area contributed by atoms with E-state index in [1.54, 1.807) is 0 Å². The Hall–Kier alpha value is -3.32. The molecule has 0 N–H and O–H groups in total. The van der Waals surface area contributed by atoms with E-state index in [-0.39, 0.29) is 18.7 Å². The van der Waals surface area contributed by atoms with Gasteiger partial charge in [-0.1, -0.05) is 6.07 Å². The normalized spacial score (nSPS) is 12.0. The summed E-state index contributed by atoms with van der Waals surface area (Å²) in [5.74, 6) is 2.41. The first-order chi connectivity index (χ1) is 16.3. The number of carbonyl (C=O) groups excluding carboxylic acids is 1. The van der Waals surface area contributed by atoms with E-state index in [1.165, 1.54) is 7.11 Å². The fourth-order valence-corrected chi connectivity index (χ4v) is 3.52. The Morgan fingerprint density at radius 3 is 2.38 bits per heavy atom. The van der Waals surface area contributed by atoms with Crippen molar-refractivity contribution < 1.29 is 28.2 Å². The molecule has 1 aromatic heterocycles. The monoisotopic (exact) mass is 467 g/mol. The van der Waals surface area contributed by atoms with Gasteiger partial charge in [-0.2, -0.15) is 0 Å². The average Bonchev–Trinajstić information content (AvgIpc) is 3.18. The maximum atomic E-state index is 11.9. The van der Waals surface area contributed by atoms with Crippen LogP contribution in [0.25, 0.3) is 11.5 Å². The van der Waals surface area contributed by atoms with Crippen LogP contribution in [-0.4, -0.2) is 36.9 Å². The van der Waals surface area contributed by atoms with Gasteiger partial charge in [-0.05, 0) is 82.1 Å². The lowest BCUT2D eigenvalue weighted by atomic mass is 10.0. The molecule has 0 aliphatic carbocycles. The quantitative estimate of drug-likeness (QED) is 0.347. The van der Waals surface area contributed by atoms with Crippen molar-refractivity contribution in [1.82, 2.24) is 4.98 Å².